The molecule has 0 fully saturated rings. The molecule has 1 unspecified atom stereocenters. The zero-order chi connectivity index (χ0) is 13.0. The van der Waals surface area contributed by atoms with Crippen LogP contribution in [0.1, 0.15) is 24.0 Å². The molecule has 0 spiro atoms. The predicted molar refractivity (Wildman–Crippen MR) is 74.7 cm³/mol. The Kier molecular flexibility index (Phi) is 2.19. The lowest BCUT2D eigenvalue weighted by Crippen LogP contribution is -2.44. The standard InChI is InChI=1S/C16H18NO2/c1-17-7-5-11-3-2-4-13(16(11)17)14-9-15(18)19-10-12(14)6-8-17/h2-4H,5-10H2,1H3/q+1. The van der Waals surface area contributed by atoms with Crippen molar-refractivity contribution in [2.45, 2.75) is 19.3 Å². The Bertz CT molecular complexity index is 617. The quantitative estimate of drug-likeness (QED) is 0.526. The Morgan fingerprint density at radius 3 is 2.95 bits per heavy atom. The first-order valence-corrected chi connectivity index (χ1v) is 7.01. The van der Waals surface area contributed by atoms with Gasteiger partial charge >= 0.3 is 5.97 Å². The lowest BCUT2D eigenvalue weighted by atomic mass is 9.92. The van der Waals surface area contributed by atoms with Crippen LogP contribution in [0.15, 0.2) is 23.8 Å². The van der Waals surface area contributed by atoms with Crippen molar-refractivity contribution in [2.24, 2.45) is 0 Å². The van der Waals surface area contributed by atoms with Gasteiger partial charge < -0.3 is 4.74 Å². The molecule has 0 N–H and O–H groups in total. The van der Waals surface area contributed by atoms with E-state index < -0.39 is 0 Å². The predicted octanol–water partition coefficient (Wildman–Crippen LogP) is 2.28. The number of likely N-dealkylation sites (N-methyl/N-ethyl adjacent to an activating group) is 1. The number of esters is 1. The number of carbonyl (C=O) groups is 1. The van der Waals surface area contributed by atoms with Crippen LogP contribution < -0.4 is 4.48 Å². The average molecular weight is 256 g/mol. The number of carbonyl (C=O) groups excluding carboxylic acids is 1. The molecule has 98 valence electrons. The fourth-order valence-electron chi connectivity index (χ4n) is 3.84. The lowest BCUT2D eigenvalue weighted by Gasteiger charge is -2.29. The van der Waals surface area contributed by atoms with Crippen LogP contribution in [-0.4, -0.2) is 32.7 Å². The first-order chi connectivity index (χ1) is 9.17. The summed E-state index contributed by atoms with van der Waals surface area (Å²) in [4.78, 5) is 11.6. The normalized spacial score (nSPS) is 28.6. The van der Waals surface area contributed by atoms with E-state index in [0.717, 1.165) is 23.9 Å². The molecule has 0 saturated heterocycles. The van der Waals surface area contributed by atoms with Gasteiger partial charge in [0, 0.05) is 24.0 Å². The van der Waals surface area contributed by atoms with E-state index in [0.29, 0.717) is 13.0 Å². The molecule has 0 aromatic heterocycles. The fraction of sp³-hybridized carbons (Fsp3) is 0.438. The van der Waals surface area contributed by atoms with Crippen molar-refractivity contribution in [3.8, 4) is 0 Å². The number of quaternary nitrogens is 1. The van der Waals surface area contributed by atoms with Gasteiger partial charge in [0.1, 0.15) is 12.3 Å². The van der Waals surface area contributed by atoms with E-state index >= 15 is 0 Å². The van der Waals surface area contributed by atoms with Gasteiger partial charge in [-0.05, 0) is 17.2 Å². The number of nitrogens with zero attached hydrogens (tertiary/aromatic N) is 1. The first-order valence-electron chi connectivity index (χ1n) is 7.01. The molecule has 3 heteroatoms. The number of benzene rings is 1. The largest absolute Gasteiger partial charge is 0.461 e. The average Bonchev–Trinajstić information content (AvgIpc) is 2.69. The monoisotopic (exact) mass is 256 g/mol. The maximum atomic E-state index is 11.6. The molecule has 4 rings (SSSR count). The minimum Gasteiger partial charge on any atom is -0.461 e. The second-order valence-electron chi connectivity index (χ2n) is 6.08. The molecular weight excluding hydrogens is 238 g/mol. The molecule has 0 bridgehead atoms. The molecule has 0 aliphatic carbocycles. The molecule has 0 amide bonds. The summed E-state index contributed by atoms with van der Waals surface area (Å²) < 4.78 is 6.25. The van der Waals surface area contributed by atoms with Crippen molar-refractivity contribution >= 4 is 17.2 Å². The molecule has 1 aromatic rings. The van der Waals surface area contributed by atoms with Gasteiger partial charge in [-0.2, -0.15) is 0 Å². The lowest BCUT2D eigenvalue weighted by molar-refractivity contribution is -0.142. The third-order valence-electron chi connectivity index (χ3n) is 4.92. The van der Waals surface area contributed by atoms with Crippen LogP contribution in [0.25, 0.3) is 5.57 Å². The summed E-state index contributed by atoms with van der Waals surface area (Å²) in [6.07, 6.45) is 2.66. The molecule has 3 aliphatic heterocycles. The molecule has 1 aromatic carbocycles. The van der Waals surface area contributed by atoms with Gasteiger partial charge in [-0.25, -0.2) is 0 Å². The zero-order valence-electron chi connectivity index (χ0n) is 11.2. The minimum atomic E-state index is -0.0783. The number of fused-ring (bicyclic) bond motifs is 1. The van der Waals surface area contributed by atoms with E-state index in [1.54, 1.807) is 0 Å². The van der Waals surface area contributed by atoms with Crippen molar-refractivity contribution < 1.29 is 9.53 Å². The van der Waals surface area contributed by atoms with Crippen LogP contribution in [0.4, 0.5) is 5.69 Å². The summed E-state index contributed by atoms with van der Waals surface area (Å²) >= 11 is 0. The van der Waals surface area contributed by atoms with Crippen LogP contribution in [0.3, 0.4) is 0 Å². The Labute approximate surface area is 113 Å². The molecule has 19 heavy (non-hydrogen) atoms. The zero-order valence-corrected chi connectivity index (χ0v) is 11.2. The van der Waals surface area contributed by atoms with Crippen LogP contribution >= 0.6 is 0 Å². The van der Waals surface area contributed by atoms with E-state index in [2.05, 4.69) is 25.2 Å². The highest BCUT2D eigenvalue weighted by Crippen LogP contribution is 2.45. The van der Waals surface area contributed by atoms with Crippen LogP contribution in [0, 0.1) is 0 Å². The van der Waals surface area contributed by atoms with Crippen molar-refractivity contribution in [1.29, 1.82) is 0 Å². The van der Waals surface area contributed by atoms with Crippen LogP contribution in [0.5, 0.6) is 0 Å². The van der Waals surface area contributed by atoms with Crippen molar-refractivity contribution in [2.75, 3.05) is 26.7 Å². The number of cyclic esters (lactones) is 1. The summed E-state index contributed by atoms with van der Waals surface area (Å²) in [7, 11) is 2.33. The van der Waals surface area contributed by atoms with E-state index in [1.165, 1.54) is 34.5 Å². The van der Waals surface area contributed by atoms with E-state index in [4.69, 9.17) is 4.74 Å². The summed E-state index contributed by atoms with van der Waals surface area (Å²) in [6, 6.07) is 6.58. The number of para-hydroxylation sites is 1. The second-order valence-corrected chi connectivity index (χ2v) is 6.08. The smallest absolute Gasteiger partial charge is 0.310 e. The SMILES string of the molecule is C[N+]12CCC3=C(CC(=O)OC3)c3cccc(c31)CC2. The van der Waals surface area contributed by atoms with Gasteiger partial charge in [0.25, 0.3) is 0 Å². The Hall–Kier alpha value is -1.61. The van der Waals surface area contributed by atoms with Gasteiger partial charge in [-0.1, -0.05) is 12.1 Å². The van der Waals surface area contributed by atoms with Gasteiger partial charge in [0.2, 0.25) is 0 Å². The highest BCUT2D eigenvalue weighted by atomic mass is 16.5. The molecule has 3 aliphatic rings. The van der Waals surface area contributed by atoms with E-state index in [9.17, 15) is 4.79 Å². The molecular formula is C16H18NO2+. The Balaban J connectivity index is 1.97. The molecule has 1 atom stereocenters. The number of hydrogen-bond acceptors (Lipinski definition) is 2. The third kappa shape index (κ3) is 1.51. The number of hydrogen-bond donors (Lipinski definition) is 0. The summed E-state index contributed by atoms with van der Waals surface area (Å²) in [6.45, 7) is 2.81. The summed E-state index contributed by atoms with van der Waals surface area (Å²) in [5, 5.41) is 0. The van der Waals surface area contributed by atoms with Gasteiger partial charge in [0.05, 0.1) is 26.6 Å². The third-order valence-corrected chi connectivity index (χ3v) is 4.92. The Morgan fingerprint density at radius 2 is 2.05 bits per heavy atom. The number of ether oxygens (including phenoxy) is 1. The topological polar surface area (TPSA) is 26.3 Å². The maximum Gasteiger partial charge on any atom is 0.310 e. The summed E-state index contributed by atoms with van der Waals surface area (Å²) in [5.74, 6) is -0.0783. The van der Waals surface area contributed by atoms with Crippen molar-refractivity contribution in [3.05, 3.63) is 34.9 Å². The summed E-state index contributed by atoms with van der Waals surface area (Å²) in [5.41, 5.74) is 6.81. The van der Waals surface area contributed by atoms with Gasteiger partial charge in [0.15, 0.2) is 0 Å². The molecule has 0 radical (unpaired) electrons. The number of rotatable bonds is 0. The molecule has 3 nitrogen and oxygen atoms in total. The minimum absolute atomic E-state index is 0.0783. The second kappa shape index (κ2) is 3.70. The van der Waals surface area contributed by atoms with Crippen LogP contribution in [0.2, 0.25) is 0 Å². The van der Waals surface area contributed by atoms with E-state index in [1.807, 2.05) is 0 Å². The van der Waals surface area contributed by atoms with Gasteiger partial charge in [-0.3, -0.25) is 9.28 Å². The first kappa shape index (κ1) is 11.2. The van der Waals surface area contributed by atoms with Crippen molar-refractivity contribution in [3.63, 3.8) is 0 Å². The molecule has 0 saturated carbocycles. The van der Waals surface area contributed by atoms with Crippen LogP contribution in [-0.2, 0) is 16.0 Å². The Morgan fingerprint density at radius 1 is 1.21 bits per heavy atom. The highest BCUT2D eigenvalue weighted by Gasteiger charge is 2.40. The maximum absolute atomic E-state index is 11.6. The molecule has 3 heterocycles. The van der Waals surface area contributed by atoms with Gasteiger partial charge in [-0.15, -0.1) is 0 Å². The van der Waals surface area contributed by atoms with E-state index in [-0.39, 0.29) is 5.97 Å². The fourth-order valence-corrected chi connectivity index (χ4v) is 3.84. The van der Waals surface area contributed by atoms with Crippen molar-refractivity contribution in [1.82, 2.24) is 4.48 Å². The highest BCUT2D eigenvalue weighted by molar-refractivity contribution is 5.93.